The first-order chi connectivity index (χ1) is 21.9. The molecule has 0 heterocycles. The van der Waals surface area contributed by atoms with E-state index in [-0.39, 0.29) is 64.4 Å². The van der Waals surface area contributed by atoms with Gasteiger partial charge in [0.25, 0.3) is 0 Å². The molecule has 1 aromatic carbocycles. The number of nitrogens with one attached hydrogen (secondary N) is 3. The molecule has 1 rings (SSSR count). The monoisotopic (exact) mass is 637 g/mol. The molecule has 0 aliphatic carbocycles. The van der Waals surface area contributed by atoms with Gasteiger partial charge >= 0.3 is 5.97 Å². The van der Waals surface area contributed by atoms with Crippen molar-refractivity contribution in [3.8, 4) is 0 Å². The van der Waals surface area contributed by atoms with Crippen molar-refractivity contribution in [1.29, 1.82) is 0 Å². The van der Waals surface area contributed by atoms with Crippen molar-refractivity contribution in [1.82, 2.24) is 16.0 Å². The molecule has 45 heavy (non-hydrogen) atoms. The molecule has 0 radical (unpaired) electrons. The van der Waals surface area contributed by atoms with Gasteiger partial charge < -0.3 is 40.0 Å². The van der Waals surface area contributed by atoms with Crippen molar-refractivity contribution in [2.45, 2.75) is 83.6 Å². The zero-order valence-corrected chi connectivity index (χ0v) is 27.0. The first-order valence-electron chi connectivity index (χ1n) is 16.3. The Morgan fingerprint density at radius 2 is 1.16 bits per heavy atom. The molecule has 0 saturated carbocycles. The number of carboxylic acids is 1. The van der Waals surface area contributed by atoms with Crippen molar-refractivity contribution in [3.05, 3.63) is 35.9 Å². The van der Waals surface area contributed by atoms with E-state index in [9.17, 15) is 24.3 Å². The second-order valence-electron chi connectivity index (χ2n) is 10.8. The molecule has 0 aliphatic heterocycles. The summed E-state index contributed by atoms with van der Waals surface area (Å²) in [6.07, 6.45) is 11.8. The SMILES string of the molecule is CCCCCCCCCCCC(=O)NCCOCCOCC(=O)NCCOCCOCC(=O)NC(Cc1ccccc1)C(=O)O. The van der Waals surface area contributed by atoms with E-state index in [1.807, 2.05) is 6.07 Å². The van der Waals surface area contributed by atoms with E-state index in [4.69, 9.17) is 18.9 Å². The molecular weight excluding hydrogens is 582 g/mol. The van der Waals surface area contributed by atoms with Gasteiger partial charge in [0.15, 0.2) is 0 Å². The predicted molar refractivity (Wildman–Crippen MR) is 171 cm³/mol. The lowest BCUT2D eigenvalue weighted by atomic mass is 10.1. The zero-order valence-electron chi connectivity index (χ0n) is 27.0. The van der Waals surface area contributed by atoms with Crippen LogP contribution in [0.2, 0.25) is 0 Å². The molecule has 0 saturated heterocycles. The largest absolute Gasteiger partial charge is 0.480 e. The lowest BCUT2D eigenvalue weighted by Crippen LogP contribution is -2.44. The second kappa shape index (κ2) is 28.4. The normalized spacial score (nSPS) is 11.6. The van der Waals surface area contributed by atoms with Crippen LogP contribution in [0, 0.1) is 0 Å². The number of carbonyl (C=O) groups is 4. The molecule has 3 amide bonds. The molecule has 0 aromatic heterocycles. The van der Waals surface area contributed by atoms with Gasteiger partial charge in [0.2, 0.25) is 17.7 Å². The van der Waals surface area contributed by atoms with Crippen molar-refractivity contribution < 1.29 is 43.2 Å². The fraction of sp³-hybridized carbons (Fsp3) is 0.697. The number of hydrogen-bond acceptors (Lipinski definition) is 8. The number of carboxylic acid groups (broad SMARTS) is 1. The summed E-state index contributed by atoms with van der Waals surface area (Å²) in [5, 5.41) is 17.3. The molecule has 0 aliphatic rings. The van der Waals surface area contributed by atoms with Gasteiger partial charge in [0, 0.05) is 25.9 Å². The summed E-state index contributed by atoms with van der Waals surface area (Å²) in [5.74, 6) is -1.87. The summed E-state index contributed by atoms with van der Waals surface area (Å²) >= 11 is 0. The van der Waals surface area contributed by atoms with Gasteiger partial charge in [-0.1, -0.05) is 88.6 Å². The Kier molecular flexibility index (Phi) is 25.2. The number of rotatable bonds is 30. The Labute approximate surface area is 268 Å². The second-order valence-corrected chi connectivity index (χ2v) is 10.8. The summed E-state index contributed by atoms with van der Waals surface area (Å²) in [6, 6.07) is 8.00. The number of ether oxygens (including phenoxy) is 4. The van der Waals surface area contributed by atoms with Crippen LogP contribution >= 0.6 is 0 Å². The number of benzene rings is 1. The highest BCUT2D eigenvalue weighted by atomic mass is 16.5. The van der Waals surface area contributed by atoms with Gasteiger partial charge in [0.1, 0.15) is 19.3 Å². The Hall–Kier alpha value is -3.06. The third-order valence-corrected chi connectivity index (χ3v) is 6.77. The topological polar surface area (TPSA) is 162 Å². The smallest absolute Gasteiger partial charge is 0.326 e. The Bertz CT molecular complexity index is 918. The lowest BCUT2D eigenvalue weighted by Gasteiger charge is -2.14. The van der Waals surface area contributed by atoms with Crippen molar-refractivity contribution in [2.24, 2.45) is 0 Å². The van der Waals surface area contributed by atoms with Crippen LogP contribution in [0.15, 0.2) is 30.3 Å². The van der Waals surface area contributed by atoms with E-state index in [0.717, 1.165) is 18.4 Å². The fourth-order valence-corrected chi connectivity index (χ4v) is 4.32. The summed E-state index contributed by atoms with van der Waals surface area (Å²) < 4.78 is 21.3. The van der Waals surface area contributed by atoms with Gasteiger partial charge in [-0.2, -0.15) is 0 Å². The lowest BCUT2D eigenvalue weighted by molar-refractivity contribution is -0.142. The van der Waals surface area contributed by atoms with Gasteiger partial charge in [-0.25, -0.2) is 4.79 Å². The van der Waals surface area contributed by atoms with Crippen LogP contribution in [-0.2, 0) is 44.5 Å². The van der Waals surface area contributed by atoms with Crippen LogP contribution in [0.4, 0.5) is 0 Å². The van der Waals surface area contributed by atoms with E-state index in [0.29, 0.717) is 26.2 Å². The number of aliphatic carboxylic acids is 1. The predicted octanol–water partition coefficient (Wildman–Crippen LogP) is 3.02. The number of hydrogen-bond donors (Lipinski definition) is 4. The zero-order chi connectivity index (χ0) is 32.8. The van der Waals surface area contributed by atoms with Crippen molar-refractivity contribution in [2.75, 3.05) is 65.9 Å². The van der Waals surface area contributed by atoms with E-state index in [2.05, 4.69) is 22.9 Å². The quantitative estimate of drug-likeness (QED) is 0.0930. The van der Waals surface area contributed by atoms with Crippen LogP contribution in [0.3, 0.4) is 0 Å². The molecule has 0 spiro atoms. The fourth-order valence-electron chi connectivity index (χ4n) is 4.32. The van der Waals surface area contributed by atoms with E-state index in [1.54, 1.807) is 24.3 Å². The van der Waals surface area contributed by atoms with Gasteiger partial charge in [-0.15, -0.1) is 0 Å². The molecule has 1 aromatic rings. The van der Waals surface area contributed by atoms with Crippen LogP contribution in [-0.4, -0.2) is 101 Å². The maximum absolute atomic E-state index is 12.0. The van der Waals surface area contributed by atoms with E-state index in [1.165, 1.54) is 44.9 Å². The third-order valence-electron chi connectivity index (χ3n) is 6.77. The average Bonchev–Trinajstić information content (AvgIpc) is 3.02. The molecule has 0 fully saturated rings. The molecule has 1 unspecified atom stereocenters. The standard InChI is InChI=1S/C33H55N3O9/c1-2-3-4-5-6-7-8-9-13-16-30(37)34-17-19-42-21-23-44-26-31(38)35-18-20-43-22-24-45-27-32(39)36-29(33(40)41)25-28-14-11-10-12-15-28/h10-12,14-15,29H,2-9,13,16-27H2,1H3,(H,34,37)(H,35,38)(H,36,39)(H,40,41). The number of carbonyl (C=O) groups excluding carboxylic acids is 3. The minimum absolute atomic E-state index is 0.0548. The molecule has 12 nitrogen and oxygen atoms in total. The molecule has 12 heteroatoms. The van der Waals surface area contributed by atoms with Crippen LogP contribution < -0.4 is 16.0 Å². The van der Waals surface area contributed by atoms with Crippen LogP contribution in [0.25, 0.3) is 0 Å². The van der Waals surface area contributed by atoms with Gasteiger partial charge in [-0.3, -0.25) is 14.4 Å². The minimum Gasteiger partial charge on any atom is -0.480 e. The van der Waals surface area contributed by atoms with Gasteiger partial charge in [0.05, 0.1) is 39.6 Å². The van der Waals surface area contributed by atoms with E-state index >= 15 is 0 Å². The minimum atomic E-state index is -1.12. The summed E-state index contributed by atoms with van der Waals surface area (Å²) in [4.78, 5) is 47.2. The molecule has 1 atom stereocenters. The molecule has 4 N–H and O–H groups in total. The van der Waals surface area contributed by atoms with Gasteiger partial charge in [-0.05, 0) is 12.0 Å². The maximum Gasteiger partial charge on any atom is 0.326 e. The maximum atomic E-state index is 12.0. The van der Waals surface area contributed by atoms with Crippen LogP contribution in [0.5, 0.6) is 0 Å². The number of unbranched alkanes of at least 4 members (excludes halogenated alkanes) is 8. The third kappa shape index (κ3) is 24.9. The summed E-state index contributed by atoms with van der Waals surface area (Å²) in [5.41, 5.74) is 0.806. The van der Waals surface area contributed by atoms with Crippen LogP contribution in [0.1, 0.15) is 76.7 Å². The Morgan fingerprint density at radius 1 is 0.644 bits per heavy atom. The summed E-state index contributed by atoms with van der Waals surface area (Å²) in [7, 11) is 0. The Balaban J connectivity index is 1.87. The molecular formula is C33H55N3O9. The highest BCUT2D eigenvalue weighted by Crippen LogP contribution is 2.10. The van der Waals surface area contributed by atoms with E-state index < -0.39 is 17.9 Å². The number of amides is 3. The molecule has 0 bridgehead atoms. The van der Waals surface area contributed by atoms with Crippen molar-refractivity contribution >= 4 is 23.7 Å². The van der Waals surface area contributed by atoms with Crippen molar-refractivity contribution in [3.63, 3.8) is 0 Å². The summed E-state index contributed by atoms with van der Waals surface area (Å²) in [6.45, 7) is 4.18. The molecule has 256 valence electrons. The highest BCUT2D eigenvalue weighted by molar-refractivity contribution is 5.84. The average molecular weight is 638 g/mol. The Morgan fingerprint density at radius 3 is 1.73 bits per heavy atom. The highest BCUT2D eigenvalue weighted by Gasteiger charge is 2.20. The first-order valence-corrected chi connectivity index (χ1v) is 16.3. The first kappa shape index (κ1) is 40.0.